The standard InChI is InChI=1S/C34H44N2O6S/c1-23-9-11-24(12-10-23)32(37)36(25-13-15-26(16-14-25)42-29-7-4-5-19-35-29)28-21-27(43-31(28)33(38)39)17-18-34(2,3)22-41-30-8-6-20-40-30/h4-5,7,19,21,23-26,30H,6,8-16,20,22H2,1-3H3,(H,38,39). The van der Waals surface area contributed by atoms with Crippen molar-refractivity contribution in [1.82, 2.24) is 4.98 Å². The van der Waals surface area contributed by atoms with Crippen LogP contribution in [-0.2, 0) is 14.3 Å². The number of anilines is 1. The van der Waals surface area contributed by atoms with Crippen LogP contribution >= 0.6 is 11.3 Å². The number of nitrogens with zero attached hydrogens (tertiary/aromatic N) is 2. The highest BCUT2D eigenvalue weighted by molar-refractivity contribution is 7.15. The van der Waals surface area contributed by atoms with Crippen LogP contribution in [0.5, 0.6) is 5.88 Å². The summed E-state index contributed by atoms with van der Waals surface area (Å²) in [6.45, 7) is 7.39. The number of carbonyl (C=O) groups excluding carboxylic acids is 1. The first kappa shape index (κ1) is 31.5. The van der Waals surface area contributed by atoms with E-state index in [-0.39, 0.29) is 35.1 Å². The molecule has 8 nitrogen and oxygen atoms in total. The van der Waals surface area contributed by atoms with Crippen molar-refractivity contribution in [1.29, 1.82) is 0 Å². The normalized spacial score (nSPS) is 25.9. The Morgan fingerprint density at radius 3 is 2.53 bits per heavy atom. The molecule has 2 aliphatic carbocycles. The van der Waals surface area contributed by atoms with Crippen molar-refractivity contribution in [3.05, 3.63) is 40.2 Å². The van der Waals surface area contributed by atoms with Gasteiger partial charge in [0.1, 0.15) is 11.0 Å². The number of ether oxygens (including phenoxy) is 3. The van der Waals surface area contributed by atoms with E-state index in [0.717, 1.165) is 82.2 Å². The third kappa shape index (κ3) is 8.37. The molecule has 0 bridgehead atoms. The Kier molecular flexibility index (Phi) is 10.4. The zero-order valence-corrected chi connectivity index (χ0v) is 26.4. The van der Waals surface area contributed by atoms with Crippen LogP contribution in [0.2, 0.25) is 0 Å². The number of carbonyl (C=O) groups is 2. The van der Waals surface area contributed by atoms with Crippen molar-refractivity contribution < 1.29 is 28.9 Å². The molecule has 1 N–H and O–H groups in total. The Morgan fingerprint density at radius 1 is 1.12 bits per heavy atom. The highest BCUT2D eigenvalue weighted by Gasteiger charge is 2.38. The predicted molar refractivity (Wildman–Crippen MR) is 166 cm³/mol. The first-order valence-corrected chi connectivity index (χ1v) is 16.5. The third-order valence-electron chi connectivity index (χ3n) is 8.74. The summed E-state index contributed by atoms with van der Waals surface area (Å²) in [5.41, 5.74) is 0.0349. The summed E-state index contributed by atoms with van der Waals surface area (Å²) in [7, 11) is 0. The van der Waals surface area contributed by atoms with E-state index in [4.69, 9.17) is 14.2 Å². The van der Waals surface area contributed by atoms with Gasteiger partial charge in [-0.05, 0) is 89.7 Å². The third-order valence-corrected chi connectivity index (χ3v) is 9.77. The molecule has 232 valence electrons. The van der Waals surface area contributed by atoms with Crippen molar-refractivity contribution in [2.24, 2.45) is 17.3 Å². The second kappa shape index (κ2) is 14.2. The van der Waals surface area contributed by atoms with E-state index in [2.05, 4.69) is 23.7 Å². The Bertz CT molecular complexity index is 1290. The molecule has 1 saturated heterocycles. The molecule has 3 fully saturated rings. The van der Waals surface area contributed by atoms with E-state index in [0.29, 0.717) is 29.0 Å². The van der Waals surface area contributed by atoms with Crippen molar-refractivity contribution in [3.63, 3.8) is 0 Å². The second-order valence-electron chi connectivity index (χ2n) is 12.9. The van der Waals surface area contributed by atoms with Crippen LogP contribution in [0.25, 0.3) is 0 Å². The van der Waals surface area contributed by atoms with Crippen LogP contribution in [-0.4, -0.2) is 53.6 Å². The molecular weight excluding hydrogens is 564 g/mol. The molecule has 2 aromatic heterocycles. The number of thiophene rings is 1. The Hall–Kier alpha value is -2.93. The van der Waals surface area contributed by atoms with E-state index in [1.54, 1.807) is 6.20 Å². The maximum Gasteiger partial charge on any atom is 0.348 e. The molecule has 1 unspecified atom stereocenters. The molecule has 43 heavy (non-hydrogen) atoms. The fraction of sp³-hybridized carbons (Fsp3) is 0.618. The molecule has 3 aliphatic rings. The zero-order valence-electron chi connectivity index (χ0n) is 25.5. The van der Waals surface area contributed by atoms with Crippen molar-refractivity contribution in [2.45, 2.75) is 103 Å². The molecule has 0 aromatic carbocycles. The number of aromatic carboxylic acids is 1. The number of aromatic nitrogens is 1. The number of carboxylic acid groups (broad SMARTS) is 1. The van der Waals surface area contributed by atoms with E-state index < -0.39 is 11.4 Å². The van der Waals surface area contributed by atoms with Gasteiger partial charge in [0.2, 0.25) is 11.8 Å². The summed E-state index contributed by atoms with van der Waals surface area (Å²) < 4.78 is 17.6. The lowest BCUT2D eigenvalue weighted by Gasteiger charge is -2.39. The van der Waals surface area contributed by atoms with Gasteiger partial charge in [-0.15, -0.1) is 11.3 Å². The maximum atomic E-state index is 14.2. The van der Waals surface area contributed by atoms with Crippen LogP contribution < -0.4 is 9.64 Å². The molecule has 2 saturated carbocycles. The van der Waals surface area contributed by atoms with Gasteiger partial charge in [-0.2, -0.15) is 0 Å². The van der Waals surface area contributed by atoms with Gasteiger partial charge in [0, 0.05) is 42.7 Å². The van der Waals surface area contributed by atoms with E-state index in [9.17, 15) is 14.7 Å². The quantitative estimate of drug-likeness (QED) is 0.309. The lowest BCUT2D eigenvalue weighted by atomic mass is 9.81. The molecule has 1 aliphatic heterocycles. The Balaban J connectivity index is 1.37. The second-order valence-corrected chi connectivity index (χ2v) is 14.0. The number of hydrogen-bond donors (Lipinski definition) is 1. The largest absolute Gasteiger partial charge is 0.477 e. The molecule has 0 radical (unpaired) electrons. The highest BCUT2D eigenvalue weighted by atomic mass is 32.1. The zero-order chi connectivity index (χ0) is 30.4. The van der Waals surface area contributed by atoms with E-state index >= 15 is 0 Å². The van der Waals surface area contributed by atoms with E-state index in [1.807, 2.05) is 43.0 Å². The Labute approximate surface area is 259 Å². The van der Waals surface area contributed by atoms with Crippen LogP contribution in [0.4, 0.5) is 5.69 Å². The molecule has 2 aromatic rings. The lowest BCUT2D eigenvalue weighted by Crippen LogP contribution is -2.47. The average molecular weight is 609 g/mol. The minimum atomic E-state index is -1.03. The van der Waals surface area contributed by atoms with Gasteiger partial charge in [0.15, 0.2) is 6.29 Å². The van der Waals surface area contributed by atoms with Crippen LogP contribution in [0.1, 0.15) is 99.5 Å². The number of pyridine rings is 1. The van der Waals surface area contributed by atoms with Crippen LogP contribution in [0.3, 0.4) is 0 Å². The first-order chi connectivity index (χ1) is 20.7. The van der Waals surface area contributed by atoms with Gasteiger partial charge in [0.25, 0.3) is 0 Å². The number of carboxylic acids is 1. The molecule has 9 heteroatoms. The minimum Gasteiger partial charge on any atom is -0.477 e. The number of amides is 1. The highest BCUT2D eigenvalue weighted by Crippen LogP contribution is 2.39. The average Bonchev–Trinajstić information content (AvgIpc) is 3.68. The summed E-state index contributed by atoms with van der Waals surface area (Å²) >= 11 is 1.15. The molecule has 1 amide bonds. The van der Waals surface area contributed by atoms with Gasteiger partial charge in [-0.3, -0.25) is 4.79 Å². The van der Waals surface area contributed by atoms with Crippen LogP contribution in [0, 0.1) is 29.1 Å². The summed E-state index contributed by atoms with van der Waals surface area (Å²) in [5, 5.41) is 10.3. The van der Waals surface area contributed by atoms with Crippen molar-refractivity contribution in [2.75, 3.05) is 18.1 Å². The first-order valence-electron chi connectivity index (χ1n) is 15.7. The smallest absolute Gasteiger partial charge is 0.348 e. The van der Waals surface area contributed by atoms with Crippen molar-refractivity contribution in [3.8, 4) is 17.7 Å². The molecular formula is C34H44N2O6S. The fourth-order valence-corrected chi connectivity index (χ4v) is 7.07. The predicted octanol–water partition coefficient (Wildman–Crippen LogP) is 6.92. The monoisotopic (exact) mass is 608 g/mol. The fourth-order valence-electron chi connectivity index (χ4n) is 6.23. The summed E-state index contributed by atoms with van der Waals surface area (Å²) in [4.78, 5) is 33.7. The Morgan fingerprint density at radius 2 is 1.88 bits per heavy atom. The summed E-state index contributed by atoms with van der Waals surface area (Å²) in [5.74, 6) is 6.64. The lowest BCUT2D eigenvalue weighted by molar-refractivity contribution is -0.124. The topological polar surface area (TPSA) is 98.2 Å². The van der Waals surface area contributed by atoms with Crippen molar-refractivity contribution >= 4 is 28.9 Å². The molecule has 3 heterocycles. The molecule has 1 atom stereocenters. The molecule has 0 spiro atoms. The van der Waals surface area contributed by atoms with Gasteiger partial charge in [0.05, 0.1) is 17.2 Å². The number of hydrogen-bond acceptors (Lipinski definition) is 7. The van der Waals surface area contributed by atoms with Gasteiger partial charge < -0.3 is 24.2 Å². The number of rotatable bonds is 9. The molecule has 5 rings (SSSR count). The van der Waals surface area contributed by atoms with Gasteiger partial charge >= 0.3 is 5.97 Å². The van der Waals surface area contributed by atoms with Gasteiger partial charge in [-0.1, -0.05) is 24.8 Å². The maximum absolute atomic E-state index is 14.2. The summed E-state index contributed by atoms with van der Waals surface area (Å²) in [6, 6.07) is 7.34. The summed E-state index contributed by atoms with van der Waals surface area (Å²) in [6.07, 6.45) is 10.2. The van der Waals surface area contributed by atoms with Crippen LogP contribution in [0.15, 0.2) is 30.5 Å². The minimum absolute atomic E-state index is 0.0144. The van der Waals surface area contributed by atoms with Gasteiger partial charge in [-0.25, -0.2) is 9.78 Å². The SMILES string of the molecule is CC1CCC(C(=O)N(c2cc(C#CC(C)(C)COC3CCCO3)sc2C(=O)O)C2CCC(Oc3ccccn3)CC2)CC1. The van der Waals surface area contributed by atoms with E-state index in [1.165, 1.54) is 0 Å².